The number of benzene rings is 1. The second kappa shape index (κ2) is 4.10. The van der Waals surface area contributed by atoms with Gasteiger partial charge in [0.2, 0.25) is 6.43 Å². The summed E-state index contributed by atoms with van der Waals surface area (Å²) in [5.41, 5.74) is 7.00. The van der Waals surface area contributed by atoms with Crippen molar-refractivity contribution in [3.05, 3.63) is 29.8 Å². The summed E-state index contributed by atoms with van der Waals surface area (Å²) < 4.78 is 23.9. The van der Waals surface area contributed by atoms with E-state index < -0.39 is 6.43 Å². The molecule has 82 valence electrons. The van der Waals surface area contributed by atoms with E-state index in [-0.39, 0.29) is 11.3 Å². The monoisotopic (exact) mass is 229 g/mol. The highest BCUT2D eigenvalue weighted by Gasteiger charge is 2.39. The minimum absolute atomic E-state index is 0.133. The fourth-order valence-corrected chi connectivity index (χ4v) is 2.11. The van der Waals surface area contributed by atoms with Crippen molar-refractivity contribution < 1.29 is 8.78 Å². The van der Waals surface area contributed by atoms with Crippen LogP contribution in [0.2, 0.25) is 0 Å². The molecule has 1 saturated carbocycles. The van der Waals surface area contributed by atoms with Crippen LogP contribution in [0, 0.1) is 0 Å². The second-order valence-corrected chi connectivity index (χ2v) is 4.98. The number of hydrogen-bond acceptors (Lipinski definition) is 2. The zero-order valence-corrected chi connectivity index (χ0v) is 9.07. The van der Waals surface area contributed by atoms with Gasteiger partial charge in [0.05, 0.1) is 5.75 Å². The Bertz CT molecular complexity index is 333. The van der Waals surface area contributed by atoms with Gasteiger partial charge in [-0.25, -0.2) is 8.78 Å². The summed E-state index contributed by atoms with van der Waals surface area (Å²) in [6, 6.07) is 7.63. The van der Waals surface area contributed by atoms with Gasteiger partial charge in [0.15, 0.2) is 0 Å². The lowest BCUT2D eigenvalue weighted by Crippen LogP contribution is -2.18. The van der Waals surface area contributed by atoms with E-state index in [0.29, 0.717) is 0 Å². The molecule has 15 heavy (non-hydrogen) atoms. The molecule has 0 unspecified atom stereocenters. The molecule has 1 fully saturated rings. The Morgan fingerprint density at radius 3 is 2.33 bits per heavy atom. The summed E-state index contributed by atoms with van der Waals surface area (Å²) >= 11 is 1.18. The Labute approximate surface area is 92.0 Å². The molecule has 1 nitrogen and oxygen atoms in total. The van der Waals surface area contributed by atoms with Crippen molar-refractivity contribution in [2.75, 3.05) is 5.75 Å². The van der Waals surface area contributed by atoms with Gasteiger partial charge in [-0.2, -0.15) is 0 Å². The molecule has 1 aliphatic rings. The number of alkyl halides is 2. The first kappa shape index (κ1) is 10.9. The molecule has 0 atom stereocenters. The van der Waals surface area contributed by atoms with Crippen LogP contribution in [-0.2, 0) is 5.54 Å². The van der Waals surface area contributed by atoms with E-state index in [9.17, 15) is 8.78 Å². The van der Waals surface area contributed by atoms with Crippen LogP contribution in [0.3, 0.4) is 0 Å². The van der Waals surface area contributed by atoms with Gasteiger partial charge in [0, 0.05) is 10.4 Å². The molecule has 0 spiro atoms. The Balaban J connectivity index is 1.98. The summed E-state index contributed by atoms with van der Waals surface area (Å²) in [6.45, 7) is 0. The van der Waals surface area contributed by atoms with Crippen molar-refractivity contribution in [2.45, 2.75) is 29.7 Å². The van der Waals surface area contributed by atoms with Crippen molar-refractivity contribution in [3.8, 4) is 0 Å². The molecule has 1 aliphatic carbocycles. The van der Waals surface area contributed by atoms with Crippen molar-refractivity contribution in [1.82, 2.24) is 0 Å². The number of hydrogen-bond donors (Lipinski definition) is 1. The van der Waals surface area contributed by atoms with E-state index in [0.717, 1.165) is 23.3 Å². The van der Waals surface area contributed by atoms with E-state index >= 15 is 0 Å². The molecule has 0 amide bonds. The van der Waals surface area contributed by atoms with Gasteiger partial charge in [-0.05, 0) is 30.5 Å². The van der Waals surface area contributed by atoms with E-state index in [1.165, 1.54) is 11.8 Å². The number of thioether (sulfide) groups is 1. The Hall–Kier alpha value is -0.610. The number of rotatable bonds is 4. The molecule has 4 heteroatoms. The predicted molar refractivity (Wildman–Crippen MR) is 58.3 cm³/mol. The molecule has 1 aromatic carbocycles. The largest absolute Gasteiger partial charge is 0.321 e. The van der Waals surface area contributed by atoms with Crippen LogP contribution in [0.25, 0.3) is 0 Å². The topological polar surface area (TPSA) is 26.0 Å². The lowest BCUT2D eigenvalue weighted by molar-refractivity contribution is 0.177. The van der Waals surface area contributed by atoms with Crippen LogP contribution in [0.1, 0.15) is 18.4 Å². The molecule has 0 aliphatic heterocycles. The van der Waals surface area contributed by atoms with Gasteiger partial charge in [-0.1, -0.05) is 12.1 Å². The summed E-state index contributed by atoms with van der Waals surface area (Å²) in [5.74, 6) is -0.146. The summed E-state index contributed by atoms with van der Waals surface area (Å²) in [6.07, 6.45) is -0.202. The van der Waals surface area contributed by atoms with Crippen molar-refractivity contribution in [3.63, 3.8) is 0 Å². The molecule has 0 heterocycles. The van der Waals surface area contributed by atoms with E-state index in [1.54, 1.807) is 0 Å². The lowest BCUT2D eigenvalue weighted by atomic mass is 10.1. The zero-order valence-electron chi connectivity index (χ0n) is 8.25. The van der Waals surface area contributed by atoms with Crippen molar-refractivity contribution >= 4 is 11.8 Å². The summed E-state index contributed by atoms with van der Waals surface area (Å²) in [4.78, 5) is 0.878. The zero-order chi connectivity index (χ0) is 10.9. The fourth-order valence-electron chi connectivity index (χ4n) is 1.47. The first-order chi connectivity index (χ1) is 7.10. The maximum atomic E-state index is 12.0. The first-order valence-electron chi connectivity index (χ1n) is 4.90. The van der Waals surface area contributed by atoms with Crippen LogP contribution >= 0.6 is 11.8 Å². The maximum Gasteiger partial charge on any atom is 0.247 e. The van der Waals surface area contributed by atoms with Gasteiger partial charge in [-0.3, -0.25) is 0 Å². The standard InChI is InChI=1S/C11H13F2NS/c12-10(13)7-15-9-3-1-8(2-4-9)11(14)5-6-11/h1-4,10H,5-7,14H2. The third-order valence-electron chi connectivity index (χ3n) is 2.59. The minimum atomic E-state index is -2.25. The number of halogens is 2. The normalized spacial score (nSPS) is 18.1. The average molecular weight is 229 g/mol. The van der Waals surface area contributed by atoms with Crippen LogP contribution in [-0.4, -0.2) is 12.2 Å². The highest BCUT2D eigenvalue weighted by Crippen LogP contribution is 2.42. The highest BCUT2D eigenvalue weighted by molar-refractivity contribution is 7.99. The van der Waals surface area contributed by atoms with Crippen LogP contribution < -0.4 is 5.73 Å². The van der Waals surface area contributed by atoms with Gasteiger partial charge in [-0.15, -0.1) is 11.8 Å². The van der Waals surface area contributed by atoms with Crippen molar-refractivity contribution in [1.29, 1.82) is 0 Å². The molecule has 0 radical (unpaired) electrons. The summed E-state index contributed by atoms with van der Waals surface area (Å²) in [7, 11) is 0. The van der Waals surface area contributed by atoms with Gasteiger partial charge in [0.25, 0.3) is 0 Å². The molecule has 2 N–H and O–H groups in total. The van der Waals surface area contributed by atoms with Crippen LogP contribution in [0.5, 0.6) is 0 Å². The minimum Gasteiger partial charge on any atom is -0.321 e. The third-order valence-corrected chi connectivity index (χ3v) is 3.62. The van der Waals surface area contributed by atoms with Gasteiger partial charge >= 0.3 is 0 Å². The van der Waals surface area contributed by atoms with E-state index in [2.05, 4.69) is 0 Å². The maximum absolute atomic E-state index is 12.0. The van der Waals surface area contributed by atoms with Crippen molar-refractivity contribution in [2.24, 2.45) is 5.73 Å². The van der Waals surface area contributed by atoms with Crippen LogP contribution in [0.4, 0.5) is 8.78 Å². The van der Waals surface area contributed by atoms with E-state index in [1.807, 2.05) is 24.3 Å². The van der Waals surface area contributed by atoms with Crippen LogP contribution in [0.15, 0.2) is 29.2 Å². The first-order valence-corrected chi connectivity index (χ1v) is 5.89. The lowest BCUT2D eigenvalue weighted by Gasteiger charge is -2.09. The molecular formula is C11H13F2NS. The molecule has 2 rings (SSSR count). The van der Waals surface area contributed by atoms with E-state index in [4.69, 9.17) is 5.73 Å². The molecule has 0 aromatic heterocycles. The quantitative estimate of drug-likeness (QED) is 0.803. The highest BCUT2D eigenvalue weighted by atomic mass is 32.2. The average Bonchev–Trinajstić information content (AvgIpc) is 2.96. The Morgan fingerprint density at radius 1 is 1.27 bits per heavy atom. The SMILES string of the molecule is NC1(c2ccc(SCC(F)F)cc2)CC1. The molecule has 0 saturated heterocycles. The summed E-state index contributed by atoms with van der Waals surface area (Å²) in [5, 5.41) is 0. The number of nitrogens with two attached hydrogens (primary N) is 1. The third kappa shape index (κ3) is 2.69. The Morgan fingerprint density at radius 2 is 1.87 bits per heavy atom. The molecule has 0 bridgehead atoms. The van der Waals surface area contributed by atoms with Gasteiger partial charge < -0.3 is 5.73 Å². The van der Waals surface area contributed by atoms with Gasteiger partial charge in [0.1, 0.15) is 0 Å². The second-order valence-electron chi connectivity index (χ2n) is 3.88. The predicted octanol–water partition coefficient (Wildman–Crippen LogP) is 2.99. The molecule has 1 aromatic rings. The smallest absolute Gasteiger partial charge is 0.247 e. The molecular weight excluding hydrogens is 216 g/mol. The fraction of sp³-hybridized carbons (Fsp3) is 0.455. The Kier molecular flexibility index (Phi) is 2.98.